The second-order valence-electron chi connectivity index (χ2n) is 3.58. The van der Waals surface area contributed by atoms with E-state index in [4.69, 9.17) is 5.26 Å². The van der Waals surface area contributed by atoms with Gasteiger partial charge in [0, 0.05) is 18.1 Å². The fourth-order valence-corrected chi connectivity index (χ4v) is 1.74. The molecule has 0 aliphatic rings. The van der Waals surface area contributed by atoms with Crippen LogP contribution in [0.3, 0.4) is 0 Å². The molecule has 0 saturated carbocycles. The number of hydrogen-bond donors (Lipinski definition) is 1. The van der Waals surface area contributed by atoms with Crippen LogP contribution < -0.4 is 5.32 Å². The smallest absolute Gasteiger partial charge is 0.0841 e. The van der Waals surface area contributed by atoms with E-state index in [1.165, 1.54) is 10.9 Å². The first-order chi connectivity index (χ1) is 7.92. The van der Waals surface area contributed by atoms with E-state index >= 15 is 0 Å². The van der Waals surface area contributed by atoms with Crippen LogP contribution in [0.5, 0.6) is 0 Å². The lowest BCUT2D eigenvalue weighted by Crippen LogP contribution is -2.17. The van der Waals surface area contributed by atoms with Crippen molar-refractivity contribution >= 4 is 10.9 Å². The third kappa shape index (κ3) is 2.36. The van der Waals surface area contributed by atoms with E-state index in [0.29, 0.717) is 6.54 Å². The van der Waals surface area contributed by atoms with Gasteiger partial charge in [-0.1, -0.05) is 24.3 Å². The van der Waals surface area contributed by atoms with Gasteiger partial charge in [-0.3, -0.25) is 4.98 Å². The molecule has 0 bridgehead atoms. The molecular formula is C13H13N3. The Balaban J connectivity index is 2.15. The quantitative estimate of drug-likeness (QED) is 0.620. The number of nitrogens with zero attached hydrogens (tertiary/aromatic N) is 2. The van der Waals surface area contributed by atoms with Crippen molar-refractivity contribution in [3.05, 3.63) is 42.1 Å². The molecule has 0 radical (unpaired) electrons. The average molecular weight is 211 g/mol. The Labute approximate surface area is 94.7 Å². The van der Waals surface area contributed by atoms with Crippen LogP contribution in [0.1, 0.15) is 5.56 Å². The zero-order valence-corrected chi connectivity index (χ0v) is 8.98. The van der Waals surface area contributed by atoms with Crippen molar-refractivity contribution in [1.82, 2.24) is 10.3 Å². The van der Waals surface area contributed by atoms with E-state index in [0.717, 1.165) is 18.5 Å². The topological polar surface area (TPSA) is 48.7 Å². The summed E-state index contributed by atoms with van der Waals surface area (Å²) in [7, 11) is 0. The van der Waals surface area contributed by atoms with E-state index in [9.17, 15) is 0 Å². The van der Waals surface area contributed by atoms with E-state index in [2.05, 4.69) is 34.6 Å². The zero-order chi connectivity index (χ0) is 11.2. The molecule has 0 aliphatic heterocycles. The number of fused-ring (bicyclic) bond motifs is 1. The van der Waals surface area contributed by atoms with Gasteiger partial charge in [-0.25, -0.2) is 0 Å². The zero-order valence-electron chi connectivity index (χ0n) is 8.98. The predicted molar refractivity (Wildman–Crippen MR) is 63.9 cm³/mol. The van der Waals surface area contributed by atoms with Crippen LogP contribution in [0.25, 0.3) is 10.9 Å². The predicted octanol–water partition coefficient (Wildman–Crippen LogP) is 1.89. The van der Waals surface area contributed by atoms with Crippen molar-refractivity contribution < 1.29 is 0 Å². The SMILES string of the molecule is N#CCNCCc1cccc2cccnc12. The van der Waals surface area contributed by atoms with Crippen LogP contribution in [0, 0.1) is 11.3 Å². The first kappa shape index (κ1) is 10.6. The highest BCUT2D eigenvalue weighted by atomic mass is 14.8. The highest BCUT2D eigenvalue weighted by Crippen LogP contribution is 2.15. The van der Waals surface area contributed by atoms with Crippen molar-refractivity contribution in [3.8, 4) is 6.07 Å². The summed E-state index contributed by atoms with van der Waals surface area (Å²) in [4.78, 5) is 4.39. The highest BCUT2D eigenvalue weighted by molar-refractivity contribution is 5.81. The Kier molecular flexibility index (Phi) is 3.47. The van der Waals surface area contributed by atoms with E-state index in [1.54, 1.807) is 0 Å². The van der Waals surface area contributed by atoms with Crippen molar-refractivity contribution in [2.24, 2.45) is 0 Å². The Morgan fingerprint density at radius 3 is 3.00 bits per heavy atom. The van der Waals surface area contributed by atoms with Crippen molar-refractivity contribution in [1.29, 1.82) is 5.26 Å². The van der Waals surface area contributed by atoms with Gasteiger partial charge in [0.2, 0.25) is 0 Å². The second-order valence-corrected chi connectivity index (χ2v) is 3.58. The number of nitriles is 1. The molecule has 0 atom stereocenters. The molecule has 0 spiro atoms. The van der Waals surface area contributed by atoms with Gasteiger partial charge in [0.15, 0.2) is 0 Å². The summed E-state index contributed by atoms with van der Waals surface area (Å²) >= 11 is 0. The molecule has 0 aliphatic carbocycles. The fraction of sp³-hybridized carbons (Fsp3) is 0.231. The lowest BCUT2D eigenvalue weighted by molar-refractivity contribution is 0.751. The number of benzene rings is 1. The number of rotatable bonds is 4. The largest absolute Gasteiger partial charge is 0.304 e. The average Bonchev–Trinajstić information content (AvgIpc) is 2.35. The minimum Gasteiger partial charge on any atom is -0.304 e. The maximum Gasteiger partial charge on any atom is 0.0841 e. The molecule has 2 aromatic rings. The van der Waals surface area contributed by atoms with Gasteiger partial charge in [-0.2, -0.15) is 5.26 Å². The molecule has 1 aromatic carbocycles. The second kappa shape index (κ2) is 5.24. The van der Waals surface area contributed by atoms with Gasteiger partial charge in [0.25, 0.3) is 0 Å². The maximum atomic E-state index is 8.41. The minimum atomic E-state index is 0.401. The third-order valence-corrected chi connectivity index (χ3v) is 2.49. The molecule has 1 aromatic heterocycles. The Morgan fingerprint density at radius 1 is 1.25 bits per heavy atom. The molecule has 0 amide bonds. The molecule has 80 valence electrons. The summed E-state index contributed by atoms with van der Waals surface area (Å²) in [5.74, 6) is 0. The van der Waals surface area contributed by atoms with Gasteiger partial charge < -0.3 is 5.32 Å². The normalized spacial score (nSPS) is 10.2. The molecule has 16 heavy (non-hydrogen) atoms. The summed E-state index contributed by atoms with van der Waals surface area (Å²) in [6, 6.07) is 12.3. The molecule has 0 unspecified atom stereocenters. The van der Waals surface area contributed by atoms with Crippen LogP contribution in [0.15, 0.2) is 36.5 Å². The van der Waals surface area contributed by atoms with E-state index < -0.39 is 0 Å². The van der Waals surface area contributed by atoms with Crippen LogP contribution in [0.4, 0.5) is 0 Å². The molecule has 1 N–H and O–H groups in total. The van der Waals surface area contributed by atoms with E-state index in [1.807, 2.05) is 18.3 Å². The maximum absolute atomic E-state index is 8.41. The molecule has 2 rings (SSSR count). The summed E-state index contributed by atoms with van der Waals surface area (Å²) in [5, 5.41) is 12.6. The van der Waals surface area contributed by atoms with Gasteiger partial charge >= 0.3 is 0 Å². The first-order valence-electron chi connectivity index (χ1n) is 5.32. The summed E-state index contributed by atoms with van der Waals surface area (Å²) in [5.41, 5.74) is 2.28. The Hall–Kier alpha value is -1.92. The Bertz CT molecular complexity index is 509. The summed E-state index contributed by atoms with van der Waals surface area (Å²) < 4.78 is 0. The van der Waals surface area contributed by atoms with Gasteiger partial charge in [-0.15, -0.1) is 0 Å². The molecule has 1 heterocycles. The van der Waals surface area contributed by atoms with Crippen LogP contribution in [0.2, 0.25) is 0 Å². The minimum absolute atomic E-state index is 0.401. The lowest BCUT2D eigenvalue weighted by atomic mass is 10.1. The van der Waals surface area contributed by atoms with Crippen molar-refractivity contribution in [2.75, 3.05) is 13.1 Å². The van der Waals surface area contributed by atoms with Crippen LogP contribution in [-0.4, -0.2) is 18.1 Å². The first-order valence-corrected chi connectivity index (χ1v) is 5.32. The number of aromatic nitrogens is 1. The molecule has 3 nitrogen and oxygen atoms in total. The molecule has 3 heteroatoms. The van der Waals surface area contributed by atoms with Gasteiger partial charge in [-0.05, 0) is 18.1 Å². The number of nitrogens with one attached hydrogen (secondary N) is 1. The summed E-state index contributed by atoms with van der Waals surface area (Å²) in [6.45, 7) is 1.21. The van der Waals surface area contributed by atoms with Crippen molar-refractivity contribution in [3.63, 3.8) is 0 Å². The lowest BCUT2D eigenvalue weighted by Gasteiger charge is -2.05. The molecule has 0 fully saturated rings. The van der Waals surface area contributed by atoms with Gasteiger partial charge in [0.05, 0.1) is 18.1 Å². The van der Waals surface area contributed by atoms with Gasteiger partial charge in [0.1, 0.15) is 0 Å². The number of hydrogen-bond acceptors (Lipinski definition) is 3. The Morgan fingerprint density at radius 2 is 2.12 bits per heavy atom. The molecular weight excluding hydrogens is 198 g/mol. The van der Waals surface area contributed by atoms with E-state index in [-0.39, 0.29) is 0 Å². The standard InChI is InChI=1S/C13H13N3/c14-7-10-15-9-6-12-4-1-3-11-5-2-8-16-13(11)12/h1-5,8,15H,6,9-10H2. The highest BCUT2D eigenvalue weighted by Gasteiger charge is 2.00. The third-order valence-electron chi connectivity index (χ3n) is 2.49. The number of para-hydroxylation sites is 1. The molecule has 0 saturated heterocycles. The van der Waals surface area contributed by atoms with Crippen LogP contribution >= 0.6 is 0 Å². The van der Waals surface area contributed by atoms with Crippen LogP contribution in [-0.2, 0) is 6.42 Å². The summed E-state index contributed by atoms with van der Waals surface area (Å²) in [6.07, 6.45) is 2.71. The van der Waals surface area contributed by atoms with Crippen molar-refractivity contribution in [2.45, 2.75) is 6.42 Å². The number of pyridine rings is 1. The monoisotopic (exact) mass is 211 g/mol. The fourth-order valence-electron chi connectivity index (χ4n) is 1.74.